The van der Waals surface area contributed by atoms with Gasteiger partial charge in [-0.05, 0) is 42.6 Å². The zero-order valence-electron chi connectivity index (χ0n) is 15.1. The number of nitrogens with one attached hydrogen (secondary N) is 2. The minimum absolute atomic E-state index is 0.0278. The third-order valence-corrected chi connectivity index (χ3v) is 4.57. The molecule has 3 rings (SSSR count). The lowest BCUT2D eigenvalue weighted by Gasteiger charge is -2.08. The molecular formula is C21H18BrN3O3. The second-order valence-electron chi connectivity index (χ2n) is 6.20. The van der Waals surface area contributed by atoms with Gasteiger partial charge in [0.05, 0.1) is 12.0 Å². The minimum Gasteiger partial charge on any atom is -0.506 e. The van der Waals surface area contributed by atoms with Crippen molar-refractivity contribution in [3.05, 3.63) is 70.7 Å². The fraction of sp³-hybridized carbons (Fsp3) is 0.0952. The molecule has 7 heteroatoms. The summed E-state index contributed by atoms with van der Waals surface area (Å²) in [6, 6.07) is 17.7. The highest BCUT2D eigenvalue weighted by Crippen LogP contribution is 2.28. The molecule has 0 atom stereocenters. The Hall–Kier alpha value is -3.19. The Labute approximate surface area is 170 Å². The van der Waals surface area contributed by atoms with Crippen molar-refractivity contribution < 1.29 is 14.7 Å². The van der Waals surface area contributed by atoms with Gasteiger partial charge in [0.1, 0.15) is 5.75 Å². The van der Waals surface area contributed by atoms with Crippen molar-refractivity contribution in [1.29, 1.82) is 0 Å². The van der Waals surface area contributed by atoms with Crippen molar-refractivity contribution >= 4 is 49.9 Å². The fourth-order valence-electron chi connectivity index (χ4n) is 2.66. The van der Waals surface area contributed by atoms with Crippen molar-refractivity contribution in [1.82, 2.24) is 5.43 Å². The Bertz CT molecular complexity index is 1060. The molecular weight excluding hydrogens is 422 g/mol. The number of carbonyl (C=O) groups excluding carboxylic acids is 2. The Balaban J connectivity index is 1.62. The van der Waals surface area contributed by atoms with Crippen LogP contribution in [0, 0.1) is 0 Å². The zero-order chi connectivity index (χ0) is 20.1. The van der Waals surface area contributed by atoms with E-state index in [2.05, 4.69) is 31.8 Å². The number of hydrogen-bond donors (Lipinski definition) is 3. The number of aromatic hydroxyl groups is 1. The number of benzene rings is 3. The Morgan fingerprint density at radius 1 is 1.04 bits per heavy atom. The summed E-state index contributed by atoms with van der Waals surface area (Å²) in [5.41, 5.74) is 3.61. The van der Waals surface area contributed by atoms with Gasteiger partial charge in [0.2, 0.25) is 5.91 Å². The molecule has 0 saturated carbocycles. The second kappa shape index (κ2) is 8.67. The van der Waals surface area contributed by atoms with Gasteiger partial charge in [0.25, 0.3) is 5.91 Å². The van der Waals surface area contributed by atoms with E-state index in [9.17, 15) is 14.7 Å². The first kappa shape index (κ1) is 19.6. The van der Waals surface area contributed by atoms with Crippen molar-refractivity contribution in [2.24, 2.45) is 5.10 Å². The van der Waals surface area contributed by atoms with Gasteiger partial charge in [-0.15, -0.1) is 0 Å². The molecule has 2 amide bonds. The predicted octanol–water partition coefficient (Wildman–Crippen LogP) is 4.44. The van der Waals surface area contributed by atoms with Gasteiger partial charge in [-0.1, -0.05) is 46.3 Å². The van der Waals surface area contributed by atoms with Crippen LogP contribution in [0.15, 0.2) is 70.2 Å². The zero-order valence-corrected chi connectivity index (χ0v) is 16.7. The van der Waals surface area contributed by atoms with Gasteiger partial charge in [0.15, 0.2) is 0 Å². The number of phenols is 1. The normalized spacial score (nSPS) is 11.3. The number of nitrogens with zero attached hydrogens (tertiary/aromatic N) is 1. The van der Waals surface area contributed by atoms with Gasteiger partial charge in [-0.3, -0.25) is 9.59 Å². The summed E-state index contributed by atoms with van der Waals surface area (Å²) in [6.07, 6.45) is 0.0278. The van der Waals surface area contributed by atoms with Crippen LogP contribution < -0.4 is 10.7 Å². The monoisotopic (exact) mass is 439 g/mol. The number of hydrogen-bond acceptors (Lipinski definition) is 4. The molecule has 6 nitrogen and oxygen atoms in total. The van der Waals surface area contributed by atoms with Crippen LogP contribution in [-0.4, -0.2) is 22.6 Å². The number of phenolic OH excluding ortho intramolecular Hbond substituents is 1. The first-order valence-corrected chi connectivity index (χ1v) is 9.33. The lowest BCUT2D eigenvalue weighted by Crippen LogP contribution is -2.21. The maximum atomic E-state index is 12.3. The van der Waals surface area contributed by atoms with E-state index in [0.717, 1.165) is 9.86 Å². The van der Waals surface area contributed by atoms with Crippen LogP contribution in [0.4, 0.5) is 5.69 Å². The van der Waals surface area contributed by atoms with Crippen LogP contribution >= 0.6 is 15.9 Å². The molecule has 0 aliphatic heterocycles. The average molecular weight is 440 g/mol. The van der Waals surface area contributed by atoms with Crippen LogP contribution in [0.2, 0.25) is 0 Å². The molecule has 0 spiro atoms. The summed E-state index contributed by atoms with van der Waals surface area (Å²) < 4.78 is 0.919. The van der Waals surface area contributed by atoms with E-state index < -0.39 is 5.91 Å². The van der Waals surface area contributed by atoms with E-state index in [-0.39, 0.29) is 23.6 Å². The largest absolute Gasteiger partial charge is 0.506 e. The minimum atomic E-state index is -0.545. The molecule has 0 unspecified atom stereocenters. The van der Waals surface area contributed by atoms with Crippen molar-refractivity contribution in [3.63, 3.8) is 0 Å². The lowest BCUT2D eigenvalue weighted by molar-refractivity contribution is -0.115. The molecule has 0 aliphatic carbocycles. The molecule has 0 saturated heterocycles. The van der Waals surface area contributed by atoms with Gasteiger partial charge in [-0.25, -0.2) is 5.43 Å². The standard InChI is InChI=1S/C21H18BrN3O3/c1-13(12-19(26)23-16-9-7-15(22)8-10-16)24-25-21(28)18-11-6-14-4-2-3-5-17(14)20(18)27/h2-11,27H,12H2,1H3,(H,23,26)(H,25,28)/b24-13+. The topological polar surface area (TPSA) is 90.8 Å². The highest BCUT2D eigenvalue weighted by Gasteiger charge is 2.13. The lowest BCUT2D eigenvalue weighted by atomic mass is 10.1. The molecule has 0 radical (unpaired) electrons. The number of hydrazone groups is 1. The molecule has 0 aromatic heterocycles. The van der Waals surface area contributed by atoms with Crippen LogP contribution in [0.25, 0.3) is 10.8 Å². The van der Waals surface area contributed by atoms with Gasteiger partial charge in [0, 0.05) is 21.3 Å². The summed E-state index contributed by atoms with van der Waals surface area (Å²) >= 11 is 3.33. The van der Waals surface area contributed by atoms with Crippen LogP contribution in [0.3, 0.4) is 0 Å². The van der Waals surface area contributed by atoms with E-state index in [1.54, 1.807) is 37.3 Å². The molecule has 0 bridgehead atoms. The Morgan fingerprint density at radius 2 is 1.75 bits per heavy atom. The Kier molecular flexibility index (Phi) is 6.06. The SMILES string of the molecule is C/C(CC(=O)Nc1ccc(Br)cc1)=N\NC(=O)c1ccc2ccccc2c1O. The predicted molar refractivity (Wildman–Crippen MR) is 114 cm³/mol. The highest BCUT2D eigenvalue weighted by molar-refractivity contribution is 9.10. The third kappa shape index (κ3) is 4.75. The molecule has 3 aromatic carbocycles. The summed E-state index contributed by atoms with van der Waals surface area (Å²) in [4.78, 5) is 24.4. The van der Waals surface area contributed by atoms with Crippen molar-refractivity contribution in [2.45, 2.75) is 13.3 Å². The van der Waals surface area contributed by atoms with Gasteiger partial charge in [-0.2, -0.15) is 5.10 Å². The van der Waals surface area contributed by atoms with Crippen LogP contribution in [0.5, 0.6) is 5.75 Å². The van der Waals surface area contributed by atoms with E-state index in [4.69, 9.17) is 0 Å². The second-order valence-corrected chi connectivity index (χ2v) is 7.12. The first-order valence-electron chi connectivity index (χ1n) is 8.53. The number of fused-ring (bicyclic) bond motifs is 1. The fourth-order valence-corrected chi connectivity index (χ4v) is 2.92. The Morgan fingerprint density at radius 3 is 2.50 bits per heavy atom. The number of anilines is 1. The molecule has 3 N–H and O–H groups in total. The van der Waals surface area contributed by atoms with Crippen LogP contribution in [0.1, 0.15) is 23.7 Å². The van der Waals surface area contributed by atoms with E-state index in [1.807, 2.05) is 24.3 Å². The number of rotatable bonds is 5. The third-order valence-electron chi connectivity index (χ3n) is 4.04. The number of amides is 2. The van der Waals surface area contributed by atoms with E-state index in [1.165, 1.54) is 6.07 Å². The first-order chi connectivity index (χ1) is 13.4. The smallest absolute Gasteiger partial charge is 0.275 e. The maximum absolute atomic E-state index is 12.3. The molecule has 28 heavy (non-hydrogen) atoms. The van der Waals surface area contributed by atoms with E-state index in [0.29, 0.717) is 16.8 Å². The van der Waals surface area contributed by atoms with Crippen molar-refractivity contribution in [3.8, 4) is 5.75 Å². The molecule has 0 aliphatic rings. The van der Waals surface area contributed by atoms with E-state index >= 15 is 0 Å². The molecule has 0 fully saturated rings. The molecule has 3 aromatic rings. The maximum Gasteiger partial charge on any atom is 0.275 e. The van der Waals surface area contributed by atoms with Crippen LogP contribution in [-0.2, 0) is 4.79 Å². The number of halogens is 1. The quantitative estimate of drug-likeness (QED) is 0.405. The average Bonchev–Trinajstić information content (AvgIpc) is 2.68. The highest BCUT2D eigenvalue weighted by atomic mass is 79.9. The summed E-state index contributed by atoms with van der Waals surface area (Å²) in [6.45, 7) is 1.64. The summed E-state index contributed by atoms with van der Waals surface area (Å²) in [7, 11) is 0. The molecule has 0 heterocycles. The molecule has 142 valence electrons. The summed E-state index contributed by atoms with van der Waals surface area (Å²) in [5, 5.41) is 18.5. The summed E-state index contributed by atoms with van der Waals surface area (Å²) in [5.74, 6) is -0.890. The number of carbonyl (C=O) groups is 2. The van der Waals surface area contributed by atoms with Gasteiger partial charge >= 0.3 is 0 Å². The van der Waals surface area contributed by atoms with Gasteiger partial charge < -0.3 is 10.4 Å². The van der Waals surface area contributed by atoms with Crippen molar-refractivity contribution in [2.75, 3.05) is 5.32 Å².